The number of hydrogen-bond acceptors (Lipinski definition) is 1. The van der Waals surface area contributed by atoms with Crippen LogP contribution in [0.2, 0.25) is 0 Å². The highest BCUT2D eigenvalue weighted by Gasteiger charge is 2.55. The fourth-order valence-electron chi connectivity index (χ4n) is 1.88. The fraction of sp³-hybridized carbons (Fsp3) is 0.400. The minimum atomic E-state index is -2.71. The molecule has 1 fully saturated rings. The maximum atomic E-state index is 13.2. The molecule has 0 atom stereocenters. The molecule has 15 heavy (non-hydrogen) atoms. The van der Waals surface area contributed by atoms with Gasteiger partial charge in [0, 0.05) is 12.8 Å². The van der Waals surface area contributed by atoms with Crippen molar-refractivity contribution in [1.29, 1.82) is 0 Å². The maximum absolute atomic E-state index is 13.2. The molecule has 1 saturated carbocycles. The highest BCUT2D eigenvalue weighted by molar-refractivity contribution is 9.10. The van der Waals surface area contributed by atoms with Crippen molar-refractivity contribution < 1.29 is 13.2 Å². The van der Waals surface area contributed by atoms with Crippen LogP contribution >= 0.6 is 15.9 Å². The Morgan fingerprint density at radius 1 is 1.27 bits per heavy atom. The third kappa shape index (κ3) is 1.90. The largest absolute Gasteiger partial charge is 0.321 e. The van der Waals surface area contributed by atoms with Gasteiger partial charge in [-0.3, -0.25) is 0 Å². The molecule has 1 nitrogen and oxygen atoms in total. The Balaban J connectivity index is 2.28. The van der Waals surface area contributed by atoms with E-state index in [1.54, 1.807) is 6.07 Å². The molecule has 0 unspecified atom stereocenters. The minimum Gasteiger partial charge on any atom is -0.321 e. The first-order valence-electron chi connectivity index (χ1n) is 4.45. The molecule has 1 aromatic rings. The van der Waals surface area contributed by atoms with Gasteiger partial charge in [0.15, 0.2) is 0 Å². The smallest absolute Gasteiger partial charge is 0.252 e. The van der Waals surface area contributed by atoms with Crippen molar-refractivity contribution >= 4 is 15.9 Å². The zero-order chi connectivity index (χ0) is 11.3. The summed E-state index contributed by atoms with van der Waals surface area (Å²) in [5, 5.41) is 0. The van der Waals surface area contributed by atoms with Crippen LogP contribution in [0.4, 0.5) is 13.2 Å². The number of benzene rings is 1. The highest BCUT2D eigenvalue weighted by Crippen LogP contribution is 2.50. The molecule has 0 saturated heterocycles. The van der Waals surface area contributed by atoms with E-state index in [2.05, 4.69) is 15.9 Å². The van der Waals surface area contributed by atoms with Crippen molar-refractivity contribution in [2.45, 2.75) is 24.3 Å². The van der Waals surface area contributed by atoms with Crippen LogP contribution in [0.25, 0.3) is 0 Å². The predicted octanol–water partition coefficient (Wildman–Crippen LogP) is 3.17. The van der Waals surface area contributed by atoms with Gasteiger partial charge in [0.2, 0.25) is 0 Å². The van der Waals surface area contributed by atoms with Gasteiger partial charge >= 0.3 is 0 Å². The molecule has 82 valence electrons. The SMILES string of the molecule is NC1(c2ccc(Br)c(F)c2)CC(F)(F)C1. The van der Waals surface area contributed by atoms with Crippen LogP contribution in [0.1, 0.15) is 18.4 Å². The molecule has 0 aliphatic heterocycles. The van der Waals surface area contributed by atoms with Crippen LogP contribution in [0.3, 0.4) is 0 Å². The van der Waals surface area contributed by atoms with Crippen LogP contribution in [0.5, 0.6) is 0 Å². The van der Waals surface area contributed by atoms with Gasteiger partial charge in [-0.2, -0.15) is 0 Å². The molecule has 0 radical (unpaired) electrons. The summed E-state index contributed by atoms with van der Waals surface area (Å²) >= 11 is 2.99. The molecule has 5 heteroatoms. The third-order valence-corrected chi connectivity index (χ3v) is 3.29. The van der Waals surface area contributed by atoms with Gasteiger partial charge in [0.1, 0.15) is 5.82 Å². The lowest BCUT2D eigenvalue weighted by atomic mass is 9.70. The molecular formula is C10H9BrF3N. The summed E-state index contributed by atoms with van der Waals surface area (Å²) in [6.45, 7) is 0. The summed E-state index contributed by atoms with van der Waals surface area (Å²) in [6.07, 6.45) is -0.831. The standard InChI is InChI=1S/C10H9BrF3N/c11-7-2-1-6(3-8(7)12)9(15)4-10(13,14)5-9/h1-3H,4-5,15H2. The van der Waals surface area contributed by atoms with Crippen molar-refractivity contribution in [3.05, 3.63) is 34.1 Å². The van der Waals surface area contributed by atoms with E-state index in [9.17, 15) is 13.2 Å². The number of rotatable bonds is 1. The van der Waals surface area contributed by atoms with Gasteiger partial charge < -0.3 is 5.73 Å². The Hall–Kier alpha value is -0.550. The summed E-state index contributed by atoms with van der Waals surface area (Å²) in [4.78, 5) is 0. The highest BCUT2D eigenvalue weighted by atomic mass is 79.9. The van der Waals surface area contributed by atoms with E-state index in [4.69, 9.17) is 5.73 Å². The van der Waals surface area contributed by atoms with Crippen LogP contribution in [-0.4, -0.2) is 5.92 Å². The summed E-state index contributed by atoms with van der Waals surface area (Å²) < 4.78 is 38.9. The second-order valence-corrected chi connectivity index (χ2v) is 4.85. The molecule has 1 aliphatic rings. The number of hydrogen-bond donors (Lipinski definition) is 1. The summed E-state index contributed by atoms with van der Waals surface area (Å²) in [7, 11) is 0. The van der Waals surface area contributed by atoms with E-state index >= 15 is 0 Å². The number of nitrogens with two attached hydrogens (primary N) is 1. The first-order chi connectivity index (χ1) is 6.82. The van der Waals surface area contributed by atoms with Crippen LogP contribution in [0, 0.1) is 5.82 Å². The third-order valence-electron chi connectivity index (χ3n) is 2.64. The molecule has 2 rings (SSSR count). The average Bonchev–Trinajstić information content (AvgIpc) is 2.06. The van der Waals surface area contributed by atoms with Gasteiger partial charge in [-0.1, -0.05) is 6.07 Å². The Morgan fingerprint density at radius 3 is 2.33 bits per heavy atom. The molecule has 0 heterocycles. The number of alkyl halides is 2. The second kappa shape index (κ2) is 3.22. The lowest BCUT2D eigenvalue weighted by Crippen LogP contribution is -2.55. The quantitative estimate of drug-likeness (QED) is 0.840. The van der Waals surface area contributed by atoms with Gasteiger partial charge in [0.25, 0.3) is 5.92 Å². The normalized spacial score (nSPS) is 22.2. The Labute approximate surface area is 93.6 Å². The van der Waals surface area contributed by atoms with E-state index in [1.165, 1.54) is 12.1 Å². The average molecular weight is 280 g/mol. The monoisotopic (exact) mass is 279 g/mol. The summed E-state index contributed by atoms with van der Waals surface area (Å²) in [6, 6.07) is 4.26. The van der Waals surface area contributed by atoms with Crippen LogP contribution in [-0.2, 0) is 5.54 Å². The summed E-state index contributed by atoms with van der Waals surface area (Å²) in [5.74, 6) is -3.19. The molecule has 0 aromatic heterocycles. The Morgan fingerprint density at radius 2 is 1.87 bits per heavy atom. The fourth-order valence-corrected chi connectivity index (χ4v) is 2.13. The number of halogens is 4. The predicted molar refractivity (Wildman–Crippen MR) is 54.1 cm³/mol. The van der Waals surface area contributed by atoms with Crippen molar-refractivity contribution in [3.63, 3.8) is 0 Å². The first kappa shape index (κ1) is 11.0. The zero-order valence-electron chi connectivity index (χ0n) is 7.74. The van der Waals surface area contributed by atoms with Crippen molar-refractivity contribution in [3.8, 4) is 0 Å². The molecule has 0 amide bonds. The van der Waals surface area contributed by atoms with E-state index < -0.39 is 30.1 Å². The zero-order valence-corrected chi connectivity index (χ0v) is 9.32. The molecule has 1 aromatic carbocycles. The molecule has 0 spiro atoms. The molecule has 1 aliphatic carbocycles. The lowest BCUT2D eigenvalue weighted by Gasteiger charge is -2.44. The van der Waals surface area contributed by atoms with E-state index in [1.807, 2.05) is 0 Å². The van der Waals surface area contributed by atoms with E-state index in [0.29, 0.717) is 10.0 Å². The van der Waals surface area contributed by atoms with Crippen molar-refractivity contribution in [1.82, 2.24) is 0 Å². The molecule has 2 N–H and O–H groups in total. The van der Waals surface area contributed by atoms with E-state index in [-0.39, 0.29) is 0 Å². The van der Waals surface area contributed by atoms with Crippen molar-refractivity contribution in [2.75, 3.05) is 0 Å². The summed E-state index contributed by atoms with van der Waals surface area (Å²) in [5.41, 5.74) is 5.10. The maximum Gasteiger partial charge on any atom is 0.252 e. The van der Waals surface area contributed by atoms with Crippen LogP contribution < -0.4 is 5.73 Å². The van der Waals surface area contributed by atoms with Crippen molar-refractivity contribution in [2.24, 2.45) is 5.73 Å². The molecule has 0 bridgehead atoms. The lowest BCUT2D eigenvalue weighted by molar-refractivity contribution is -0.125. The van der Waals surface area contributed by atoms with E-state index in [0.717, 1.165) is 0 Å². The second-order valence-electron chi connectivity index (χ2n) is 3.99. The minimum absolute atomic E-state index is 0.306. The Bertz CT molecular complexity index is 398. The molecular weight excluding hydrogens is 271 g/mol. The first-order valence-corrected chi connectivity index (χ1v) is 5.24. The van der Waals surface area contributed by atoms with Crippen LogP contribution in [0.15, 0.2) is 22.7 Å². The topological polar surface area (TPSA) is 26.0 Å². The van der Waals surface area contributed by atoms with Gasteiger partial charge in [0.05, 0.1) is 10.0 Å². The Kier molecular flexibility index (Phi) is 2.35. The van der Waals surface area contributed by atoms with Gasteiger partial charge in [-0.25, -0.2) is 13.2 Å². The van der Waals surface area contributed by atoms with Gasteiger partial charge in [-0.15, -0.1) is 0 Å². The van der Waals surface area contributed by atoms with Gasteiger partial charge in [-0.05, 0) is 33.6 Å².